The molecule has 0 saturated carbocycles. The minimum absolute atomic E-state index is 0.0842. The van der Waals surface area contributed by atoms with Crippen LogP contribution in [-0.4, -0.2) is 45.8 Å². The number of benzene rings is 2. The van der Waals surface area contributed by atoms with Gasteiger partial charge in [-0.25, -0.2) is 13.2 Å². The zero-order valence-electron chi connectivity index (χ0n) is 14.9. The molecule has 3 rings (SSSR count). The molecule has 2 aromatic rings. The lowest BCUT2D eigenvalue weighted by Gasteiger charge is -2.16. The van der Waals surface area contributed by atoms with Gasteiger partial charge in [0.15, 0.2) is 0 Å². The van der Waals surface area contributed by atoms with Crippen LogP contribution in [0.3, 0.4) is 0 Å². The van der Waals surface area contributed by atoms with Crippen molar-refractivity contribution in [1.29, 1.82) is 0 Å². The quantitative estimate of drug-likeness (QED) is 0.722. The summed E-state index contributed by atoms with van der Waals surface area (Å²) in [6.07, 6.45) is -0.818. The van der Waals surface area contributed by atoms with Crippen LogP contribution in [0.4, 0.5) is 16.2 Å². The predicted molar refractivity (Wildman–Crippen MR) is 100 cm³/mol. The number of aliphatic carboxylic acids is 1. The molecule has 1 heterocycles. The van der Waals surface area contributed by atoms with Crippen molar-refractivity contribution < 1.29 is 32.6 Å². The molecule has 1 fully saturated rings. The molecule has 1 aliphatic rings. The van der Waals surface area contributed by atoms with Crippen LogP contribution < -0.4 is 14.4 Å². The Balaban J connectivity index is 1.92. The fourth-order valence-electron chi connectivity index (χ4n) is 2.79. The highest BCUT2D eigenvalue weighted by molar-refractivity contribution is 7.92. The maximum atomic E-state index is 12.9. The Morgan fingerprint density at radius 3 is 2.71 bits per heavy atom. The first kappa shape index (κ1) is 19.5. The first-order valence-electron chi connectivity index (χ1n) is 8.26. The van der Waals surface area contributed by atoms with Crippen LogP contribution in [0.25, 0.3) is 0 Å². The number of cyclic esters (lactones) is 1. The maximum Gasteiger partial charge on any atom is 0.414 e. The second-order valence-corrected chi connectivity index (χ2v) is 7.63. The SMILES string of the molecule is COc1ccc(CC(=O)O)cc1S(=O)(=O)Nc1cccc(N2CCOC2=O)c1. The minimum Gasteiger partial charge on any atom is -0.495 e. The number of amides is 1. The summed E-state index contributed by atoms with van der Waals surface area (Å²) in [5, 5.41) is 8.94. The van der Waals surface area contributed by atoms with Crippen LogP contribution in [0.5, 0.6) is 5.75 Å². The molecule has 1 aliphatic heterocycles. The van der Waals surface area contributed by atoms with E-state index in [9.17, 15) is 18.0 Å². The summed E-state index contributed by atoms with van der Waals surface area (Å²) in [5.41, 5.74) is 1.06. The molecule has 0 spiro atoms. The van der Waals surface area contributed by atoms with Crippen LogP contribution in [0, 0.1) is 0 Å². The van der Waals surface area contributed by atoms with Gasteiger partial charge in [0, 0.05) is 5.69 Å². The van der Waals surface area contributed by atoms with E-state index in [2.05, 4.69) is 4.72 Å². The first-order chi connectivity index (χ1) is 13.3. The van der Waals surface area contributed by atoms with E-state index >= 15 is 0 Å². The monoisotopic (exact) mass is 406 g/mol. The van der Waals surface area contributed by atoms with Gasteiger partial charge in [-0.3, -0.25) is 14.4 Å². The van der Waals surface area contributed by atoms with Gasteiger partial charge < -0.3 is 14.6 Å². The van der Waals surface area contributed by atoms with E-state index < -0.39 is 22.1 Å². The van der Waals surface area contributed by atoms with E-state index in [0.717, 1.165) is 0 Å². The number of hydrogen-bond donors (Lipinski definition) is 2. The van der Waals surface area contributed by atoms with E-state index in [4.69, 9.17) is 14.6 Å². The maximum absolute atomic E-state index is 12.9. The highest BCUT2D eigenvalue weighted by Crippen LogP contribution is 2.29. The number of ether oxygens (including phenoxy) is 2. The minimum atomic E-state index is -4.07. The Morgan fingerprint density at radius 1 is 1.29 bits per heavy atom. The van der Waals surface area contributed by atoms with E-state index in [1.54, 1.807) is 12.1 Å². The van der Waals surface area contributed by atoms with Gasteiger partial charge in [-0.15, -0.1) is 0 Å². The van der Waals surface area contributed by atoms with Gasteiger partial charge in [-0.2, -0.15) is 0 Å². The zero-order valence-corrected chi connectivity index (χ0v) is 15.7. The van der Waals surface area contributed by atoms with Crippen molar-refractivity contribution in [3.05, 3.63) is 48.0 Å². The van der Waals surface area contributed by atoms with Crippen molar-refractivity contribution in [3.8, 4) is 5.75 Å². The van der Waals surface area contributed by atoms with Crippen molar-refractivity contribution in [2.45, 2.75) is 11.3 Å². The van der Waals surface area contributed by atoms with E-state index in [1.807, 2.05) is 0 Å². The lowest BCUT2D eigenvalue weighted by Crippen LogP contribution is -2.23. The van der Waals surface area contributed by atoms with Crippen molar-refractivity contribution in [1.82, 2.24) is 0 Å². The smallest absolute Gasteiger partial charge is 0.414 e. The molecule has 1 amide bonds. The summed E-state index contributed by atoms with van der Waals surface area (Å²) in [6.45, 7) is 0.641. The molecule has 2 N–H and O–H groups in total. The predicted octanol–water partition coefficient (Wildman–Crippen LogP) is 2.08. The molecule has 0 unspecified atom stereocenters. The molecule has 0 aliphatic carbocycles. The Labute approximate surface area is 161 Å². The summed E-state index contributed by atoms with van der Waals surface area (Å²) in [4.78, 5) is 23.8. The van der Waals surface area contributed by atoms with Crippen LogP contribution in [0.15, 0.2) is 47.4 Å². The van der Waals surface area contributed by atoms with Crippen molar-refractivity contribution in [2.75, 3.05) is 29.9 Å². The van der Waals surface area contributed by atoms with Gasteiger partial charge in [0.05, 0.1) is 25.8 Å². The number of sulfonamides is 1. The van der Waals surface area contributed by atoms with Crippen LogP contribution in [-0.2, 0) is 26.0 Å². The molecule has 10 heteroatoms. The number of nitrogens with zero attached hydrogens (tertiary/aromatic N) is 1. The number of hydrogen-bond acceptors (Lipinski definition) is 6. The second kappa shape index (κ2) is 7.77. The molecular formula is C18H18N2O7S. The molecule has 0 aromatic heterocycles. The van der Waals surface area contributed by atoms with Gasteiger partial charge in [-0.1, -0.05) is 12.1 Å². The topological polar surface area (TPSA) is 122 Å². The van der Waals surface area contributed by atoms with Crippen molar-refractivity contribution >= 4 is 33.5 Å². The molecule has 1 saturated heterocycles. The standard InChI is InChI=1S/C18H18N2O7S/c1-26-15-6-5-12(10-17(21)22)9-16(15)28(24,25)19-13-3-2-4-14(11-13)20-7-8-27-18(20)23/h2-6,9,11,19H,7-8,10H2,1H3,(H,21,22). The van der Waals surface area contributed by atoms with E-state index in [1.165, 1.54) is 42.3 Å². The summed E-state index contributed by atoms with van der Waals surface area (Å²) < 4.78 is 38.2. The number of methoxy groups -OCH3 is 1. The number of nitrogens with one attached hydrogen (secondary N) is 1. The van der Waals surface area contributed by atoms with Crippen LogP contribution in [0.1, 0.15) is 5.56 Å². The summed E-state index contributed by atoms with van der Waals surface area (Å²) in [6, 6.07) is 10.5. The lowest BCUT2D eigenvalue weighted by atomic mass is 10.1. The molecule has 2 aromatic carbocycles. The number of carbonyl (C=O) groups excluding carboxylic acids is 1. The third kappa shape index (κ3) is 4.17. The highest BCUT2D eigenvalue weighted by Gasteiger charge is 2.25. The van der Waals surface area contributed by atoms with Gasteiger partial charge in [0.2, 0.25) is 0 Å². The zero-order chi connectivity index (χ0) is 20.3. The molecule has 28 heavy (non-hydrogen) atoms. The molecule has 148 valence electrons. The number of carbonyl (C=O) groups is 2. The van der Waals surface area contributed by atoms with Crippen molar-refractivity contribution in [2.24, 2.45) is 0 Å². The van der Waals surface area contributed by atoms with Crippen LogP contribution >= 0.6 is 0 Å². The Hall–Kier alpha value is -3.27. The first-order valence-corrected chi connectivity index (χ1v) is 9.74. The molecule has 9 nitrogen and oxygen atoms in total. The molecule has 0 radical (unpaired) electrons. The summed E-state index contributed by atoms with van der Waals surface area (Å²) in [5.74, 6) is -0.993. The third-order valence-corrected chi connectivity index (χ3v) is 5.45. The number of carboxylic acids is 1. The Kier molecular flexibility index (Phi) is 5.41. The summed E-state index contributed by atoms with van der Waals surface area (Å²) in [7, 11) is -2.75. The molecular weight excluding hydrogens is 388 g/mol. The summed E-state index contributed by atoms with van der Waals surface area (Å²) >= 11 is 0. The van der Waals surface area contributed by atoms with Crippen LogP contribution in [0.2, 0.25) is 0 Å². The normalized spacial score (nSPS) is 13.9. The van der Waals surface area contributed by atoms with E-state index in [-0.39, 0.29) is 29.4 Å². The molecule has 0 atom stereocenters. The van der Waals surface area contributed by atoms with Crippen molar-refractivity contribution in [3.63, 3.8) is 0 Å². The number of rotatable bonds is 7. The van der Waals surface area contributed by atoms with Gasteiger partial charge in [-0.05, 0) is 35.9 Å². The largest absolute Gasteiger partial charge is 0.495 e. The average molecular weight is 406 g/mol. The molecule has 0 bridgehead atoms. The number of carboxylic acid groups (broad SMARTS) is 1. The fraction of sp³-hybridized carbons (Fsp3) is 0.222. The third-order valence-electron chi connectivity index (χ3n) is 4.04. The average Bonchev–Trinajstić information content (AvgIpc) is 3.07. The van der Waals surface area contributed by atoms with Gasteiger partial charge in [0.1, 0.15) is 17.3 Å². The van der Waals surface area contributed by atoms with Gasteiger partial charge >= 0.3 is 12.1 Å². The highest BCUT2D eigenvalue weighted by atomic mass is 32.2. The fourth-order valence-corrected chi connectivity index (χ4v) is 4.06. The van der Waals surface area contributed by atoms with E-state index in [0.29, 0.717) is 17.8 Å². The lowest BCUT2D eigenvalue weighted by molar-refractivity contribution is -0.136. The Bertz CT molecular complexity index is 1020. The Morgan fingerprint density at radius 2 is 2.07 bits per heavy atom. The second-order valence-electron chi connectivity index (χ2n) is 5.98. The van der Waals surface area contributed by atoms with Gasteiger partial charge in [0.25, 0.3) is 10.0 Å². The number of anilines is 2.